The van der Waals surface area contributed by atoms with Gasteiger partial charge in [0.15, 0.2) is 5.96 Å². The summed E-state index contributed by atoms with van der Waals surface area (Å²) in [5.74, 6) is 0.556. The van der Waals surface area contributed by atoms with Crippen LogP contribution in [0.2, 0.25) is 0 Å². The third-order valence-corrected chi connectivity index (χ3v) is 3.35. The number of carbonyl (C=O) groups is 1. The van der Waals surface area contributed by atoms with E-state index in [4.69, 9.17) is 4.74 Å². The summed E-state index contributed by atoms with van der Waals surface area (Å²) in [5.41, 5.74) is -0.514. The molecular formula is C18H27F3N4O2. The monoisotopic (exact) mass is 388 g/mol. The Morgan fingerprint density at radius 3 is 2.15 bits per heavy atom. The molecule has 0 saturated heterocycles. The molecule has 0 saturated carbocycles. The van der Waals surface area contributed by atoms with Crippen LogP contribution in [0.25, 0.3) is 0 Å². The summed E-state index contributed by atoms with van der Waals surface area (Å²) in [7, 11) is 3.38. The van der Waals surface area contributed by atoms with Gasteiger partial charge in [0, 0.05) is 33.7 Å². The minimum Gasteiger partial charge on any atom is -0.444 e. The number of amides is 1. The van der Waals surface area contributed by atoms with Crippen molar-refractivity contribution in [3.8, 4) is 0 Å². The zero-order valence-electron chi connectivity index (χ0n) is 16.3. The highest BCUT2D eigenvalue weighted by molar-refractivity contribution is 5.79. The van der Waals surface area contributed by atoms with Gasteiger partial charge in [-0.3, -0.25) is 4.99 Å². The van der Waals surface area contributed by atoms with Gasteiger partial charge in [0.2, 0.25) is 0 Å². The van der Waals surface area contributed by atoms with Gasteiger partial charge in [-0.2, -0.15) is 13.2 Å². The molecule has 0 aromatic heterocycles. The molecule has 0 bridgehead atoms. The lowest BCUT2D eigenvalue weighted by Crippen LogP contribution is -2.43. The van der Waals surface area contributed by atoms with E-state index >= 15 is 0 Å². The molecule has 1 rings (SSSR count). The molecule has 0 aliphatic rings. The zero-order valence-corrected chi connectivity index (χ0v) is 16.3. The minimum atomic E-state index is -4.34. The molecule has 0 aliphatic heterocycles. The lowest BCUT2D eigenvalue weighted by molar-refractivity contribution is -0.137. The third kappa shape index (κ3) is 8.65. The fourth-order valence-electron chi connectivity index (χ4n) is 2.19. The van der Waals surface area contributed by atoms with Gasteiger partial charge in [0.25, 0.3) is 0 Å². The van der Waals surface area contributed by atoms with Crippen LogP contribution in [0.15, 0.2) is 29.3 Å². The van der Waals surface area contributed by atoms with Crippen molar-refractivity contribution < 1.29 is 22.7 Å². The van der Waals surface area contributed by atoms with E-state index in [1.165, 1.54) is 12.1 Å². The number of hydrogen-bond acceptors (Lipinski definition) is 3. The van der Waals surface area contributed by atoms with Crippen LogP contribution in [-0.4, -0.2) is 49.7 Å². The van der Waals surface area contributed by atoms with E-state index in [1.54, 1.807) is 39.8 Å². The summed E-state index contributed by atoms with van der Waals surface area (Å²) in [6.07, 6.45) is -4.85. The summed E-state index contributed by atoms with van der Waals surface area (Å²) >= 11 is 0. The zero-order chi connectivity index (χ0) is 20.7. The van der Waals surface area contributed by atoms with Gasteiger partial charge in [-0.25, -0.2) is 4.79 Å². The molecular weight excluding hydrogens is 361 g/mol. The molecule has 1 aromatic carbocycles. The Labute approximate surface area is 157 Å². The number of hydrogen-bond donors (Lipinski definition) is 2. The number of nitrogens with one attached hydrogen (secondary N) is 2. The van der Waals surface area contributed by atoms with Gasteiger partial charge in [-0.05, 0) is 38.5 Å². The second-order valence-corrected chi connectivity index (χ2v) is 6.95. The highest BCUT2D eigenvalue weighted by Gasteiger charge is 2.29. The highest BCUT2D eigenvalue weighted by atomic mass is 19.4. The normalized spacial score (nSPS) is 12.5. The molecule has 0 atom stereocenters. The Hall–Kier alpha value is -2.45. The largest absolute Gasteiger partial charge is 0.444 e. The van der Waals surface area contributed by atoms with Crippen LogP contribution < -0.4 is 10.6 Å². The van der Waals surface area contributed by atoms with Gasteiger partial charge in [-0.1, -0.05) is 12.1 Å². The van der Waals surface area contributed by atoms with Crippen LogP contribution in [0, 0.1) is 0 Å². The van der Waals surface area contributed by atoms with Crippen LogP contribution in [0.5, 0.6) is 0 Å². The molecule has 6 nitrogen and oxygen atoms in total. The van der Waals surface area contributed by atoms with Gasteiger partial charge < -0.3 is 20.3 Å². The van der Waals surface area contributed by atoms with Crippen LogP contribution in [0.4, 0.5) is 18.0 Å². The van der Waals surface area contributed by atoms with Crippen LogP contribution in [-0.2, 0) is 17.5 Å². The van der Waals surface area contributed by atoms with E-state index in [1.807, 2.05) is 0 Å². The molecule has 0 unspecified atom stereocenters. The number of guanidine groups is 1. The average molecular weight is 388 g/mol. The van der Waals surface area contributed by atoms with E-state index in [9.17, 15) is 18.0 Å². The number of halogens is 3. The van der Waals surface area contributed by atoms with Crippen LogP contribution in [0.1, 0.15) is 31.9 Å². The Morgan fingerprint density at radius 2 is 1.67 bits per heavy atom. The summed E-state index contributed by atoms with van der Waals surface area (Å²) in [6.45, 7) is 6.48. The number of nitrogens with zero attached hydrogens (tertiary/aromatic N) is 2. The summed E-state index contributed by atoms with van der Waals surface area (Å²) < 4.78 is 43.0. The summed E-state index contributed by atoms with van der Waals surface area (Å²) in [5, 5.41) is 5.69. The number of benzene rings is 1. The second kappa shape index (κ2) is 9.48. The summed E-state index contributed by atoms with van der Waals surface area (Å²) in [4.78, 5) is 17.5. The van der Waals surface area contributed by atoms with E-state index in [0.29, 0.717) is 25.6 Å². The first-order chi connectivity index (χ1) is 12.4. The molecule has 0 fully saturated rings. The second-order valence-electron chi connectivity index (χ2n) is 6.95. The maximum atomic E-state index is 12.6. The molecule has 152 valence electrons. The predicted octanol–water partition coefficient (Wildman–Crippen LogP) is 3.24. The molecule has 0 aliphatic carbocycles. The molecule has 0 spiro atoms. The average Bonchev–Trinajstić information content (AvgIpc) is 2.52. The van der Waals surface area contributed by atoms with Gasteiger partial charge in [0.05, 0.1) is 5.56 Å². The molecule has 27 heavy (non-hydrogen) atoms. The Bertz CT molecular complexity index is 637. The lowest BCUT2D eigenvalue weighted by atomic mass is 10.1. The first-order valence-corrected chi connectivity index (χ1v) is 8.47. The molecule has 2 N–H and O–H groups in total. The van der Waals surface area contributed by atoms with E-state index in [2.05, 4.69) is 15.6 Å². The first kappa shape index (κ1) is 22.6. The maximum Gasteiger partial charge on any atom is 0.416 e. The van der Waals surface area contributed by atoms with Crippen molar-refractivity contribution in [2.75, 3.05) is 27.2 Å². The molecule has 0 radical (unpaired) electrons. The van der Waals surface area contributed by atoms with Crippen molar-refractivity contribution in [1.82, 2.24) is 15.5 Å². The van der Waals surface area contributed by atoms with Gasteiger partial charge in [-0.15, -0.1) is 0 Å². The van der Waals surface area contributed by atoms with Crippen molar-refractivity contribution in [3.63, 3.8) is 0 Å². The predicted molar refractivity (Wildman–Crippen MR) is 98.5 cm³/mol. The third-order valence-electron chi connectivity index (χ3n) is 3.35. The quantitative estimate of drug-likeness (QED) is 0.462. The molecule has 9 heteroatoms. The fourth-order valence-corrected chi connectivity index (χ4v) is 2.19. The number of ether oxygens (including phenoxy) is 1. The summed E-state index contributed by atoms with van der Waals surface area (Å²) in [6, 6.07) is 5.00. The minimum absolute atomic E-state index is 0.335. The highest BCUT2D eigenvalue weighted by Crippen LogP contribution is 2.29. The Balaban J connectivity index is 2.46. The van der Waals surface area contributed by atoms with Crippen LogP contribution in [0.3, 0.4) is 0 Å². The molecule has 0 heterocycles. The lowest BCUT2D eigenvalue weighted by Gasteiger charge is -2.23. The van der Waals surface area contributed by atoms with Crippen LogP contribution >= 0.6 is 0 Å². The Kier molecular flexibility index (Phi) is 7.93. The molecule has 1 amide bonds. The van der Waals surface area contributed by atoms with Crippen molar-refractivity contribution in [3.05, 3.63) is 35.4 Å². The number of alkyl carbamates (subject to hydrolysis) is 1. The van der Waals surface area contributed by atoms with E-state index in [-0.39, 0.29) is 0 Å². The maximum absolute atomic E-state index is 12.6. The number of rotatable bonds is 5. The topological polar surface area (TPSA) is 66.0 Å². The van der Waals surface area contributed by atoms with E-state index < -0.39 is 23.4 Å². The van der Waals surface area contributed by atoms with Crippen molar-refractivity contribution in [1.29, 1.82) is 0 Å². The molecule has 1 aromatic rings. The van der Waals surface area contributed by atoms with Crippen molar-refractivity contribution in [2.24, 2.45) is 4.99 Å². The van der Waals surface area contributed by atoms with Gasteiger partial charge >= 0.3 is 12.3 Å². The van der Waals surface area contributed by atoms with Gasteiger partial charge in [0.1, 0.15) is 5.60 Å². The first-order valence-electron chi connectivity index (χ1n) is 8.47. The number of carbonyl (C=O) groups excluding carboxylic acids is 1. The number of aliphatic imine (C=N–C) groups is 1. The Morgan fingerprint density at radius 1 is 1.11 bits per heavy atom. The van der Waals surface area contributed by atoms with E-state index in [0.717, 1.165) is 17.7 Å². The van der Waals surface area contributed by atoms with Crippen molar-refractivity contribution >= 4 is 12.1 Å². The standard InChI is InChI=1S/C18H27F3N4O2/c1-17(2,3)27-16(26)24-11-10-23-15(22-4)25(5)12-13-6-8-14(9-7-13)18(19,20)21/h6-9H,10-12H2,1-5H3,(H,22,23)(H,24,26). The smallest absolute Gasteiger partial charge is 0.416 e. The SMILES string of the molecule is CN=C(NCCNC(=O)OC(C)(C)C)N(C)Cc1ccc(C(F)(F)F)cc1. The fraction of sp³-hybridized carbons (Fsp3) is 0.556. The van der Waals surface area contributed by atoms with Crippen molar-refractivity contribution in [2.45, 2.75) is 39.1 Å². The number of alkyl halides is 3.